The fourth-order valence-corrected chi connectivity index (χ4v) is 2.79. The van der Waals surface area contributed by atoms with Crippen molar-refractivity contribution < 1.29 is 13.2 Å². The van der Waals surface area contributed by atoms with Gasteiger partial charge in [-0.25, -0.2) is 13.4 Å². The third-order valence-electron chi connectivity index (χ3n) is 2.49. The van der Waals surface area contributed by atoms with Crippen LogP contribution in [-0.2, 0) is 10.0 Å². The van der Waals surface area contributed by atoms with Gasteiger partial charge in [-0.2, -0.15) is 0 Å². The van der Waals surface area contributed by atoms with E-state index in [0.717, 1.165) is 0 Å². The van der Waals surface area contributed by atoms with Gasteiger partial charge in [0.1, 0.15) is 16.5 Å². The van der Waals surface area contributed by atoms with Crippen LogP contribution in [0.4, 0.5) is 11.5 Å². The van der Waals surface area contributed by atoms with Crippen LogP contribution in [-0.4, -0.2) is 20.0 Å². The van der Waals surface area contributed by atoms with Gasteiger partial charge in [0.15, 0.2) is 0 Å². The van der Waals surface area contributed by atoms with Crippen LogP contribution in [0.15, 0.2) is 47.5 Å². The lowest BCUT2D eigenvalue weighted by atomic mass is 10.3. The molecule has 0 fully saturated rings. The molecule has 0 unspecified atom stereocenters. The van der Waals surface area contributed by atoms with E-state index >= 15 is 0 Å². The summed E-state index contributed by atoms with van der Waals surface area (Å²) in [6.45, 7) is 2.36. The Morgan fingerprint density at radius 1 is 1.30 bits per heavy atom. The maximum Gasteiger partial charge on any atom is 0.265 e. The molecule has 1 heterocycles. The Morgan fingerprint density at radius 2 is 2.10 bits per heavy atom. The van der Waals surface area contributed by atoms with Crippen molar-refractivity contribution in [1.82, 2.24) is 4.98 Å². The summed E-state index contributed by atoms with van der Waals surface area (Å²) in [6.07, 6.45) is 1.43. The highest BCUT2D eigenvalue weighted by atomic mass is 32.2. The monoisotopic (exact) mass is 293 g/mol. The second-order valence-electron chi connectivity index (χ2n) is 3.95. The molecule has 0 spiro atoms. The van der Waals surface area contributed by atoms with Gasteiger partial charge in [-0.15, -0.1) is 0 Å². The minimum absolute atomic E-state index is 0.0408. The first-order chi connectivity index (χ1) is 9.53. The number of sulfonamides is 1. The standard InChI is InChI=1S/C13H15N3O3S/c1-2-19-11-6-3-5-10(9-11)16-20(17,18)12-7-4-8-15-13(12)14/h3-9,16H,2H2,1H3,(H2,14,15). The molecule has 7 heteroatoms. The van der Waals surface area contributed by atoms with Gasteiger partial charge in [0.25, 0.3) is 10.0 Å². The molecule has 106 valence electrons. The second kappa shape index (κ2) is 5.79. The molecule has 6 nitrogen and oxygen atoms in total. The predicted octanol–water partition coefficient (Wildman–Crippen LogP) is 1.86. The minimum Gasteiger partial charge on any atom is -0.494 e. The molecule has 1 aromatic heterocycles. The Hall–Kier alpha value is -2.28. The Balaban J connectivity index is 2.29. The van der Waals surface area contributed by atoms with E-state index in [1.54, 1.807) is 24.3 Å². The van der Waals surface area contributed by atoms with Crippen LogP contribution < -0.4 is 15.2 Å². The first kappa shape index (κ1) is 14.1. The first-order valence-electron chi connectivity index (χ1n) is 5.99. The summed E-state index contributed by atoms with van der Waals surface area (Å²) in [5.74, 6) is 0.549. The predicted molar refractivity (Wildman–Crippen MR) is 77.1 cm³/mol. The zero-order chi connectivity index (χ0) is 14.6. The third kappa shape index (κ3) is 3.18. The van der Waals surface area contributed by atoms with Crippen molar-refractivity contribution in [2.75, 3.05) is 17.1 Å². The molecule has 0 aliphatic carbocycles. The molecule has 0 amide bonds. The summed E-state index contributed by atoms with van der Waals surface area (Å²) in [7, 11) is -3.77. The number of anilines is 2. The SMILES string of the molecule is CCOc1cccc(NS(=O)(=O)c2cccnc2N)c1. The maximum atomic E-state index is 12.2. The molecule has 2 rings (SSSR count). The normalized spacial score (nSPS) is 11.1. The zero-order valence-corrected chi connectivity index (χ0v) is 11.7. The lowest BCUT2D eigenvalue weighted by Crippen LogP contribution is -2.15. The molecule has 0 radical (unpaired) electrons. The number of hydrogen-bond acceptors (Lipinski definition) is 5. The van der Waals surface area contributed by atoms with Gasteiger partial charge < -0.3 is 10.5 Å². The fraction of sp³-hybridized carbons (Fsp3) is 0.154. The average Bonchev–Trinajstić information content (AvgIpc) is 2.39. The molecular weight excluding hydrogens is 278 g/mol. The molecule has 3 N–H and O–H groups in total. The highest BCUT2D eigenvalue weighted by molar-refractivity contribution is 7.92. The molecule has 0 saturated carbocycles. The van der Waals surface area contributed by atoms with Gasteiger partial charge in [-0.3, -0.25) is 4.72 Å². The van der Waals surface area contributed by atoms with E-state index in [4.69, 9.17) is 10.5 Å². The maximum absolute atomic E-state index is 12.2. The summed E-state index contributed by atoms with van der Waals surface area (Å²) in [5.41, 5.74) is 5.99. The summed E-state index contributed by atoms with van der Waals surface area (Å²) < 4.78 is 32.2. The summed E-state index contributed by atoms with van der Waals surface area (Å²) in [6, 6.07) is 9.61. The topological polar surface area (TPSA) is 94.3 Å². The van der Waals surface area contributed by atoms with E-state index in [1.807, 2.05) is 6.92 Å². The van der Waals surface area contributed by atoms with Gasteiger partial charge in [0.05, 0.1) is 12.3 Å². The quantitative estimate of drug-likeness (QED) is 0.877. The van der Waals surface area contributed by atoms with Crippen molar-refractivity contribution in [1.29, 1.82) is 0 Å². The van der Waals surface area contributed by atoms with Crippen LogP contribution in [0.5, 0.6) is 5.75 Å². The van der Waals surface area contributed by atoms with Gasteiger partial charge in [0.2, 0.25) is 0 Å². The number of nitrogens with one attached hydrogen (secondary N) is 1. The number of nitrogen functional groups attached to an aromatic ring is 1. The van der Waals surface area contributed by atoms with Crippen molar-refractivity contribution in [3.8, 4) is 5.75 Å². The molecule has 0 atom stereocenters. The van der Waals surface area contributed by atoms with E-state index < -0.39 is 10.0 Å². The number of nitrogens with zero attached hydrogens (tertiary/aromatic N) is 1. The Morgan fingerprint density at radius 3 is 2.80 bits per heavy atom. The Kier molecular flexibility index (Phi) is 4.09. The number of nitrogens with two attached hydrogens (primary N) is 1. The summed E-state index contributed by atoms with van der Waals surface area (Å²) in [4.78, 5) is 3.71. The van der Waals surface area contributed by atoms with E-state index in [0.29, 0.717) is 18.0 Å². The van der Waals surface area contributed by atoms with Crippen LogP contribution in [0.1, 0.15) is 6.92 Å². The molecular formula is C13H15N3O3S. The van der Waals surface area contributed by atoms with Crippen molar-refractivity contribution >= 4 is 21.5 Å². The first-order valence-corrected chi connectivity index (χ1v) is 7.47. The van der Waals surface area contributed by atoms with E-state index in [1.165, 1.54) is 18.3 Å². The molecule has 20 heavy (non-hydrogen) atoms. The van der Waals surface area contributed by atoms with Crippen LogP contribution in [0.2, 0.25) is 0 Å². The number of ether oxygens (including phenoxy) is 1. The second-order valence-corrected chi connectivity index (χ2v) is 5.60. The highest BCUT2D eigenvalue weighted by Gasteiger charge is 2.18. The smallest absolute Gasteiger partial charge is 0.265 e. The van der Waals surface area contributed by atoms with Crippen LogP contribution in [0.3, 0.4) is 0 Å². The highest BCUT2D eigenvalue weighted by Crippen LogP contribution is 2.22. The molecule has 1 aromatic carbocycles. The van der Waals surface area contributed by atoms with E-state index in [2.05, 4.69) is 9.71 Å². The number of hydrogen-bond donors (Lipinski definition) is 2. The van der Waals surface area contributed by atoms with Gasteiger partial charge >= 0.3 is 0 Å². The van der Waals surface area contributed by atoms with E-state index in [9.17, 15) is 8.42 Å². The van der Waals surface area contributed by atoms with Crippen LogP contribution >= 0.6 is 0 Å². The molecule has 0 aliphatic heterocycles. The van der Waals surface area contributed by atoms with Gasteiger partial charge in [-0.1, -0.05) is 6.07 Å². The van der Waals surface area contributed by atoms with Crippen LogP contribution in [0, 0.1) is 0 Å². The van der Waals surface area contributed by atoms with Crippen molar-refractivity contribution in [2.45, 2.75) is 11.8 Å². The molecule has 0 saturated heterocycles. The number of aromatic nitrogens is 1. The number of benzene rings is 1. The van der Waals surface area contributed by atoms with Gasteiger partial charge in [0, 0.05) is 12.3 Å². The molecule has 2 aromatic rings. The minimum atomic E-state index is -3.77. The van der Waals surface area contributed by atoms with Gasteiger partial charge in [-0.05, 0) is 31.2 Å². The lowest BCUT2D eigenvalue weighted by molar-refractivity contribution is 0.340. The average molecular weight is 293 g/mol. The van der Waals surface area contributed by atoms with Crippen molar-refractivity contribution in [3.05, 3.63) is 42.6 Å². The third-order valence-corrected chi connectivity index (χ3v) is 3.92. The fourth-order valence-electron chi connectivity index (χ4n) is 1.66. The molecule has 0 aliphatic rings. The van der Waals surface area contributed by atoms with Crippen LogP contribution in [0.25, 0.3) is 0 Å². The molecule has 0 bridgehead atoms. The lowest BCUT2D eigenvalue weighted by Gasteiger charge is -2.10. The van der Waals surface area contributed by atoms with E-state index in [-0.39, 0.29) is 10.7 Å². The number of rotatable bonds is 5. The number of pyridine rings is 1. The summed E-state index contributed by atoms with van der Waals surface area (Å²) >= 11 is 0. The Bertz CT molecular complexity index is 702. The van der Waals surface area contributed by atoms with Crippen molar-refractivity contribution in [3.63, 3.8) is 0 Å². The largest absolute Gasteiger partial charge is 0.494 e. The van der Waals surface area contributed by atoms with Crippen molar-refractivity contribution in [2.24, 2.45) is 0 Å². The summed E-state index contributed by atoms with van der Waals surface area (Å²) in [5, 5.41) is 0. The zero-order valence-electron chi connectivity index (χ0n) is 10.9. The Labute approximate surface area is 117 Å².